The van der Waals surface area contributed by atoms with Gasteiger partial charge in [-0.2, -0.15) is 0 Å². The van der Waals surface area contributed by atoms with E-state index in [0.717, 1.165) is 32.9 Å². The smallest absolute Gasteiger partial charge is 0.143 e. The second kappa shape index (κ2) is 10.2. The zero-order valence-electron chi connectivity index (χ0n) is 25.6. The maximum atomic E-state index is 6.64. The van der Waals surface area contributed by atoms with Gasteiger partial charge in [0.25, 0.3) is 0 Å². The van der Waals surface area contributed by atoms with Gasteiger partial charge >= 0.3 is 0 Å². The molecule has 0 aliphatic rings. The van der Waals surface area contributed by atoms with Gasteiger partial charge < -0.3 is 4.42 Å². The molecule has 0 N–H and O–H groups in total. The molecule has 0 saturated heterocycles. The molecule has 9 aromatic carbocycles. The van der Waals surface area contributed by atoms with Gasteiger partial charge in [0.15, 0.2) is 0 Å². The van der Waals surface area contributed by atoms with Crippen molar-refractivity contribution in [3.05, 3.63) is 170 Å². The van der Waals surface area contributed by atoms with Gasteiger partial charge in [0, 0.05) is 16.2 Å². The molecule has 0 aliphatic heterocycles. The number of furan rings is 1. The number of rotatable bonds is 3. The first-order valence-corrected chi connectivity index (χ1v) is 16.2. The average Bonchev–Trinajstić information content (AvgIpc) is 3.52. The SMILES string of the molecule is c1ccc(-c2ccc(-c3c4ccccc4c(-c4ccc5c(c4)oc4c6ccccc6ccc54)c4ccccc34)c3ccccc23)cc1. The fraction of sp³-hybridized carbons (Fsp3) is 0. The molecule has 218 valence electrons. The van der Waals surface area contributed by atoms with Crippen molar-refractivity contribution in [3.8, 4) is 33.4 Å². The lowest BCUT2D eigenvalue weighted by Gasteiger charge is -2.19. The van der Waals surface area contributed by atoms with Crippen molar-refractivity contribution in [1.29, 1.82) is 0 Å². The summed E-state index contributed by atoms with van der Waals surface area (Å²) < 4.78 is 6.64. The summed E-state index contributed by atoms with van der Waals surface area (Å²) >= 11 is 0. The molecule has 0 amide bonds. The van der Waals surface area contributed by atoms with Gasteiger partial charge in [0.2, 0.25) is 0 Å². The minimum Gasteiger partial charge on any atom is -0.455 e. The molecule has 0 radical (unpaired) electrons. The molecule has 0 unspecified atom stereocenters. The third-order valence-corrected chi connectivity index (χ3v) is 9.86. The van der Waals surface area contributed by atoms with Crippen LogP contribution in [0.25, 0.3) is 98.4 Å². The Bertz CT molecular complexity index is 2780. The molecule has 47 heavy (non-hydrogen) atoms. The third kappa shape index (κ3) is 3.90. The number of hydrogen-bond donors (Lipinski definition) is 0. The fourth-order valence-electron chi connectivity index (χ4n) is 7.78. The van der Waals surface area contributed by atoms with Crippen LogP contribution in [-0.2, 0) is 0 Å². The van der Waals surface area contributed by atoms with E-state index < -0.39 is 0 Å². The number of fused-ring (bicyclic) bond motifs is 8. The van der Waals surface area contributed by atoms with Crippen molar-refractivity contribution < 1.29 is 4.42 Å². The molecule has 1 heteroatoms. The first-order valence-electron chi connectivity index (χ1n) is 16.2. The monoisotopic (exact) mass is 596 g/mol. The lowest BCUT2D eigenvalue weighted by Crippen LogP contribution is -1.92. The molecule has 1 heterocycles. The van der Waals surface area contributed by atoms with Crippen LogP contribution in [0.2, 0.25) is 0 Å². The van der Waals surface area contributed by atoms with Crippen LogP contribution < -0.4 is 0 Å². The van der Waals surface area contributed by atoms with Crippen LogP contribution in [0.15, 0.2) is 174 Å². The molecular formula is C46H28O. The fourth-order valence-corrected chi connectivity index (χ4v) is 7.78. The summed E-state index contributed by atoms with van der Waals surface area (Å²) in [5, 5.41) is 12.1. The van der Waals surface area contributed by atoms with Gasteiger partial charge in [0.05, 0.1) is 0 Å². The van der Waals surface area contributed by atoms with Crippen molar-refractivity contribution >= 4 is 65.0 Å². The Kier molecular flexibility index (Phi) is 5.64. The highest BCUT2D eigenvalue weighted by molar-refractivity contribution is 6.25. The van der Waals surface area contributed by atoms with E-state index in [1.807, 2.05) is 0 Å². The topological polar surface area (TPSA) is 13.1 Å². The van der Waals surface area contributed by atoms with E-state index in [2.05, 4.69) is 170 Å². The number of benzene rings is 9. The molecule has 10 aromatic rings. The largest absolute Gasteiger partial charge is 0.455 e. The molecule has 1 nitrogen and oxygen atoms in total. The second-order valence-corrected chi connectivity index (χ2v) is 12.4. The Morgan fingerprint density at radius 2 is 0.830 bits per heavy atom. The van der Waals surface area contributed by atoms with Crippen molar-refractivity contribution in [2.45, 2.75) is 0 Å². The van der Waals surface area contributed by atoms with E-state index in [1.54, 1.807) is 0 Å². The molecule has 0 spiro atoms. The lowest BCUT2D eigenvalue weighted by molar-refractivity contribution is 0.673. The normalized spacial score (nSPS) is 11.8. The standard InChI is InChI=1S/C46H28O/c1-2-12-29(13-3-1)32-26-27-41(35-17-7-6-16-34(32)35)45-39-20-10-8-18-37(39)44(38-19-9-11-21-40(38)45)31-23-24-36-42-25-22-30-14-4-5-15-33(30)46(42)47-43(36)28-31/h1-28H. The Labute approximate surface area is 271 Å². The Morgan fingerprint density at radius 3 is 1.53 bits per heavy atom. The van der Waals surface area contributed by atoms with E-state index in [4.69, 9.17) is 4.42 Å². The minimum absolute atomic E-state index is 0.911. The van der Waals surface area contributed by atoms with E-state index in [0.29, 0.717) is 0 Å². The maximum Gasteiger partial charge on any atom is 0.143 e. The molecule has 0 fully saturated rings. The predicted molar refractivity (Wildman–Crippen MR) is 200 cm³/mol. The minimum atomic E-state index is 0.911. The van der Waals surface area contributed by atoms with Gasteiger partial charge in [-0.15, -0.1) is 0 Å². The van der Waals surface area contributed by atoms with Gasteiger partial charge in [0.1, 0.15) is 11.2 Å². The highest BCUT2D eigenvalue weighted by Crippen LogP contribution is 2.47. The molecule has 10 rings (SSSR count). The zero-order valence-corrected chi connectivity index (χ0v) is 25.6. The highest BCUT2D eigenvalue weighted by atomic mass is 16.3. The summed E-state index contributed by atoms with van der Waals surface area (Å²) in [7, 11) is 0. The Balaban J connectivity index is 1.26. The van der Waals surface area contributed by atoms with E-state index >= 15 is 0 Å². The summed E-state index contributed by atoms with van der Waals surface area (Å²) in [5.41, 5.74) is 9.25. The lowest BCUT2D eigenvalue weighted by atomic mass is 9.83. The Hall–Kier alpha value is -6.18. The average molecular weight is 597 g/mol. The van der Waals surface area contributed by atoms with E-state index in [-0.39, 0.29) is 0 Å². The van der Waals surface area contributed by atoms with Crippen LogP contribution in [-0.4, -0.2) is 0 Å². The second-order valence-electron chi connectivity index (χ2n) is 12.4. The molecule has 0 aliphatic carbocycles. The van der Waals surface area contributed by atoms with Crippen LogP contribution in [0.1, 0.15) is 0 Å². The van der Waals surface area contributed by atoms with Crippen LogP contribution in [0.5, 0.6) is 0 Å². The van der Waals surface area contributed by atoms with Crippen molar-refractivity contribution in [2.75, 3.05) is 0 Å². The summed E-state index contributed by atoms with van der Waals surface area (Å²) in [6, 6.07) is 61.5. The van der Waals surface area contributed by atoms with Crippen molar-refractivity contribution in [2.24, 2.45) is 0 Å². The summed E-state index contributed by atoms with van der Waals surface area (Å²) in [6.07, 6.45) is 0. The van der Waals surface area contributed by atoms with E-state index in [9.17, 15) is 0 Å². The first kappa shape index (κ1) is 26.1. The van der Waals surface area contributed by atoms with Crippen molar-refractivity contribution in [1.82, 2.24) is 0 Å². The molecular weight excluding hydrogens is 569 g/mol. The zero-order chi connectivity index (χ0) is 30.9. The molecule has 0 atom stereocenters. The quantitative estimate of drug-likeness (QED) is 0.185. The van der Waals surface area contributed by atoms with Crippen LogP contribution in [0.4, 0.5) is 0 Å². The van der Waals surface area contributed by atoms with E-state index in [1.165, 1.54) is 65.5 Å². The molecule has 0 bridgehead atoms. The van der Waals surface area contributed by atoms with Crippen LogP contribution >= 0.6 is 0 Å². The summed E-state index contributed by atoms with van der Waals surface area (Å²) in [4.78, 5) is 0. The highest BCUT2D eigenvalue weighted by Gasteiger charge is 2.20. The maximum absolute atomic E-state index is 6.64. The van der Waals surface area contributed by atoms with Crippen LogP contribution in [0, 0.1) is 0 Å². The molecule has 1 aromatic heterocycles. The molecule has 0 saturated carbocycles. The van der Waals surface area contributed by atoms with Gasteiger partial charge in [-0.05, 0) is 89.3 Å². The predicted octanol–water partition coefficient (Wildman–Crippen LogP) is 13.2. The van der Waals surface area contributed by atoms with Gasteiger partial charge in [-0.25, -0.2) is 0 Å². The number of hydrogen-bond acceptors (Lipinski definition) is 1. The summed E-state index contributed by atoms with van der Waals surface area (Å²) in [6.45, 7) is 0. The Morgan fingerprint density at radius 1 is 0.298 bits per heavy atom. The third-order valence-electron chi connectivity index (χ3n) is 9.86. The van der Waals surface area contributed by atoms with Gasteiger partial charge in [-0.1, -0.05) is 152 Å². The first-order chi connectivity index (χ1) is 23.3. The van der Waals surface area contributed by atoms with Crippen molar-refractivity contribution in [3.63, 3.8) is 0 Å². The van der Waals surface area contributed by atoms with Crippen LogP contribution in [0.3, 0.4) is 0 Å². The van der Waals surface area contributed by atoms with Gasteiger partial charge in [-0.3, -0.25) is 0 Å². The summed E-state index contributed by atoms with van der Waals surface area (Å²) in [5.74, 6) is 0.